The van der Waals surface area contributed by atoms with Gasteiger partial charge in [0.25, 0.3) is 0 Å². The van der Waals surface area contributed by atoms with Gasteiger partial charge in [0.05, 0.1) is 11.6 Å². The molecule has 0 radical (unpaired) electrons. The number of ether oxygens (including phenoxy) is 2. The van der Waals surface area contributed by atoms with E-state index in [9.17, 15) is 4.79 Å². The zero-order valence-corrected chi connectivity index (χ0v) is 14.8. The monoisotopic (exact) mass is 351 g/mol. The molecular formula is C20H21N3O3. The maximum Gasteiger partial charge on any atom is 0.407 e. The van der Waals surface area contributed by atoms with Crippen molar-refractivity contribution in [2.45, 2.75) is 33.0 Å². The third-order valence-corrected chi connectivity index (χ3v) is 4.58. The van der Waals surface area contributed by atoms with Crippen LogP contribution in [-0.4, -0.2) is 28.9 Å². The molecule has 3 aromatic rings. The molecular weight excluding hydrogens is 330 g/mol. The summed E-state index contributed by atoms with van der Waals surface area (Å²) in [6.07, 6.45) is 0.239. The highest BCUT2D eigenvalue weighted by atomic mass is 16.5. The summed E-state index contributed by atoms with van der Waals surface area (Å²) in [7, 11) is 0. The number of hydrogen-bond acceptors (Lipinski definition) is 4. The van der Waals surface area contributed by atoms with Crippen molar-refractivity contribution in [2.75, 3.05) is 6.54 Å². The second-order valence-corrected chi connectivity index (χ2v) is 6.66. The molecule has 4 rings (SSSR count). The summed E-state index contributed by atoms with van der Waals surface area (Å²) >= 11 is 0. The molecule has 1 atom stereocenters. The SMILES string of the molecule is Cc1cc2[nH]nc3c2cc1O[C@H](C)CCNC(=O)OCc1cccc-3c1. The van der Waals surface area contributed by atoms with Crippen LogP contribution in [0.4, 0.5) is 4.79 Å². The number of H-pyrrole nitrogens is 1. The lowest BCUT2D eigenvalue weighted by Gasteiger charge is -2.17. The summed E-state index contributed by atoms with van der Waals surface area (Å²) in [4.78, 5) is 11.8. The highest BCUT2D eigenvalue weighted by molar-refractivity contribution is 5.94. The second kappa shape index (κ2) is 6.71. The number of cyclic esters (lactones) is 1. The van der Waals surface area contributed by atoms with Crippen LogP contribution in [-0.2, 0) is 11.3 Å². The normalized spacial score (nSPS) is 17.8. The first-order valence-electron chi connectivity index (χ1n) is 8.75. The number of amides is 1. The van der Waals surface area contributed by atoms with Crippen LogP contribution in [0.1, 0.15) is 24.5 Å². The first kappa shape index (κ1) is 16.4. The molecule has 0 saturated carbocycles. The van der Waals surface area contributed by atoms with Gasteiger partial charge in [0.15, 0.2) is 0 Å². The van der Waals surface area contributed by atoms with Gasteiger partial charge < -0.3 is 14.8 Å². The molecule has 4 bridgehead atoms. The lowest BCUT2D eigenvalue weighted by molar-refractivity contribution is 0.137. The van der Waals surface area contributed by atoms with E-state index in [0.717, 1.165) is 39.0 Å². The zero-order valence-electron chi connectivity index (χ0n) is 14.8. The van der Waals surface area contributed by atoms with Crippen LogP contribution in [0.2, 0.25) is 0 Å². The van der Waals surface area contributed by atoms with Crippen LogP contribution in [0, 0.1) is 6.92 Å². The van der Waals surface area contributed by atoms with E-state index < -0.39 is 6.09 Å². The van der Waals surface area contributed by atoms with Gasteiger partial charge in [-0.2, -0.15) is 5.10 Å². The number of carbonyl (C=O) groups excluding carboxylic acids is 1. The smallest absolute Gasteiger partial charge is 0.407 e. The van der Waals surface area contributed by atoms with E-state index in [4.69, 9.17) is 9.47 Å². The Kier molecular flexibility index (Phi) is 4.24. The summed E-state index contributed by atoms with van der Waals surface area (Å²) in [6.45, 7) is 4.73. The molecule has 0 fully saturated rings. The number of fused-ring (bicyclic) bond motifs is 4. The van der Waals surface area contributed by atoms with Crippen LogP contribution in [0.3, 0.4) is 0 Å². The van der Waals surface area contributed by atoms with E-state index in [1.54, 1.807) is 0 Å². The molecule has 0 spiro atoms. The molecule has 134 valence electrons. The van der Waals surface area contributed by atoms with Gasteiger partial charge in [-0.05, 0) is 43.2 Å². The predicted octanol–water partition coefficient (Wildman–Crippen LogP) is 3.94. The Balaban J connectivity index is 1.82. The number of alkyl carbamates (subject to hydrolysis) is 1. The van der Waals surface area contributed by atoms with Gasteiger partial charge in [0.2, 0.25) is 0 Å². The number of benzene rings is 2. The summed E-state index contributed by atoms with van der Waals surface area (Å²) < 4.78 is 11.4. The van der Waals surface area contributed by atoms with E-state index in [0.29, 0.717) is 13.0 Å². The first-order valence-corrected chi connectivity index (χ1v) is 8.75. The van der Waals surface area contributed by atoms with Crippen molar-refractivity contribution in [1.29, 1.82) is 0 Å². The second-order valence-electron chi connectivity index (χ2n) is 6.66. The fourth-order valence-corrected chi connectivity index (χ4v) is 3.16. The fourth-order valence-electron chi connectivity index (χ4n) is 3.16. The van der Waals surface area contributed by atoms with Crippen molar-refractivity contribution in [3.63, 3.8) is 0 Å². The number of nitrogens with one attached hydrogen (secondary N) is 2. The molecule has 2 N–H and O–H groups in total. The molecule has 6 heteroatoms. The lowest BCUT2D eigenvalue weighted by Crippen LogP contribution is -2.28. The average Bonchev–Trinajstić information content (AvgIpc) is 3.02. The Morgan fingerprint density at radius 3 is 3.00 bits per heavy atom. The maximum absolute atomic E-state index is 11.8. The Hall–Kier alpha value is -3.02. The number of carbonyl (C=O) groups is 1. The topological polar surface area (TPSA) is 76.2 Å². The Morgan fingerprint density at radius 1 is 1.23 bits per heavy atom. The number of aromatic amines is 1. The van der Waals surface area contributed by atoms with Gasteiger partial charge in [-0.15, -0.1) is 0 Å². The van der Waals surface area contributed by atoms with Gasteiger partial charge in [-0.25, -0.2) is 4.79 Å². The molecule has 6 nitrogen and oxygen atoms in total. The zero-order chi connectivity index (χ0) is 18.1. The minimum atomic E-state index is -0.420. The van der Waals surface area contributed by atoms with Crippen molar-refractivity contribution >= 4 is 17.0 Å². The van der Waals surface area contributed by atoms with Crippen molar-refractivity contribution in [3.05, 3.63) is 47.5 Å². The summed E-state index contributed by atoms with van der Waals surface area (Å²) in [6, 6.07) is 12.0. The van der Waals surface area contributed by atoms with Crippen molar-refractivity contribution in [3.8, 4) is 17.0 Å². The minimum absolute atomic E-state index is 0.0343. The molecule has 1 aliphatic heterocycles. The highest BCUT2D eigenvalue weighted by Crippen LogP contribution is 2.32. The number of aromatic nitrogens is 2. The lowest BCUT2D eigenvalue weighted by atomic mass is 10.0. The highest BCUT2D eigenvalue weighted by Gasteiger charge is 2.15. The molecule has 0 aliphatic carbocycles. The van der Waals surface area contributed by atoms with Gasteiger partial charge in [0.1, 0.15) is 18.1 Å². The van der Waals surface area contributed by atoms with Crippen LogP contribution in [0.5, 0.6) is 5.75 Å². The van der Waals surface area contributed by atoms with Crippen molar-refractivity contribution < 1.29 is 14.3 Å². The molecule has 1 aromatic heterocycles. The standard InChI is InChI=1S/C20H21N3O3/c1-12-8-17-16-10-18(12)26-13(2)6-7-21-20(24)25-11-14-4-3-5-15(9-14)19(16)23-22-17/h3-5,8-10,13H,6-7,11H2,1-2H3,(H,21,24)(H,22,23)/t13-/m1/s1. The molecule has 26 heavy (non-hydrogen) atoms. The first-order chi connectivity index (χ1) is 12.6. The quantitative estimate of drug-likeness (QED) is 0.643. The van der Waals surface area contributed by atoms with Crippen molar-refractivity contribution in [1.82, 2.24) is 15.5 Å². The maximum atomic E-state index is 11.8. The van der Waals surface area contributed by atoms with Gasteiger partial charge >= 0.3 is 6.09 Å². The number of rotatable bonds is 0. The van der Waals surface area contributed by atoms with Gasteiger partial charge in [0, 0.05) is 23.9 Å². The van der Waals surface area contributed by atoms with Crippen LogP contribution in [0.25, 0.3) is 22.2 Å². The molecule has 0 unspecified atom stereocenters. The van der Waals surface area contributed by atoms with Gasteiger partial charge in [-0.1, -0.05) is 18.2 Å². The van der Waals surface area contributed by atoms with E-state index in [1.807, 2.05) is 44.2 Å². The Bertz CT molecular complexity index is 964. The van der Waals surface area contributed by atoms with E-state index in [1.165, 1.54) is 0 Å². The molecule has 0 saturated heterocycles. The minimum Gasteiger partial charge on any atom is -0.490 e. The van der Waals surface area contributed by atoms with Crippen molar-refractivity contribution in [2.24, 2.45) is 0 Å². The molecule has 1 amide bonds. The predicted molar refractivity (Wildman–Crippen MR) is 99.2 cm³/mol. The molecule has 2 aromatic carbocycles. The summed E-state index contributed by atoms with van der Waals surface area (Å²) in [5.74, 6) is 0.834. The summed E-state index contributed by atoms with van der Waals surface area (Å²) in [5, 5.41) is 11.4. The fraction of sp³-hybridized carbons (Fsp3) is 0.300. The number of hydrogen-bond donors (Lipinski definition) is 2. The molecule has 2 heterocycles. The average molecular weight is 351 g/mol. The van der Waals surface area contributed by atoms with Crippen LogP contribution in [0.15, 0.2) is 36.4 Å². The van der Waals surface area contributed by atoms with E-state index >= 15 is 0 Å². The van der Waals surface area contributed by atoms with E-state index in [-0.39, 0.29) is 12.7 Å². The van der Waals surface area contributed by atoms with Crippen LogP contribution < -0.4 is 10.1 Å². The summed E-state index contributed by atoms with van der Waals surface area (Å²) in [5.41, 5.74) is 4.76. The van der Waals surface area contributed by atoms with Gasteiger partial charge in [-0.3, -0.25) is 5.10 Å². The van der Waals surface area contributed by atoms with Crippen LogP contribution >= 0.6 is 0 Å². The number of nitrogens with zero attached hydrogens (tertiary/aromatic N) is 1. The Morgan fingerprint density at radius 2 is 2.12 bits per heavy atom. The largest absolute Gasteiger partial charge is 0.490 e. The third-order valence-electron chi connectivity index (χ3n) is 4.58. The molecule has 1 aliphatic rings. The number of aryl methyl sites for hydroxylation is 1. The van der Waals surface area contributed by atoms with E-state index in [2.05, 4.69) is 21.6 Å². The Labute approximate surface area is 151 Å². The third kappa shape index (κ3) is 3.22.